The summed E-state index contributed by atoms with van der Waals surface area (Å²) in [5.41, 5.74) is 8.40. The van der Waals surface area contributed by atoms with Gasteiger partial charge in [-0.15, -0.1) is 0 Å². The van der Waals surface area contributed by atoms with Crippen LogP contribution in [0.3, 0.4) is 0 Å². The molecule has 0 saturated carbocycles. The minimum absolute atomic E-state index is 0.309. The van der Waals surface area contributed by atoms with Crippen molar-refractivity contribution in [1.82, 2.24) is 5.43 Å². The van der Waals surface area contributed by atoms with Crippen LogP contribution in [0.1, 0.15) is 22.8 Å². The molecule has 6 heteroatoms. The maximum absolute atomic E-state index is 13.5. The summed E-state index contributed by atoms with van der Waals surface area (Å²) in [4.78, 5) is 11.3. The van der Waals surface area contributed by atoms with Gasteiger partial charge in [-0.25, -0.2) is 10.2 Å². The first kappa shape index (κ1) is 14.9. The number of halogens is 1. The summed E-state index contributed by atoms with van der Waals surface area (Å²) in [7, 11) is 0. The lowest BCUT2D eigenvalue weighted by Gasteiger charge is -2.09. The minimum Gasteiger partial charge on any atom is -0.330 e. The summed E-state index contributed by atoms with van der Waals surface area (Å²) in [6.07, 6.45) is 0. The van der Waals surface area contributed by atoms with Gasteiger partial charge in [0.05, 0.1) is 0 Å². The molecule has 1 rings (SSSR count). The average Bonchev–Trinajstić information content (AvgIpc) is 2.39. The topological polar surface area (TPSA) is 81.1 Å². The maximum Gasteiger partial charge on any atom is 0.265 e. The molecular weight excluding hydrogens is 253 g/mol. The first-order chi connectivity index (χ1) is 8.58. The molecule has 0 fully saturated rings. The summed E-state index contributed by atoms with van der Waals surface area (Å²) in [5.74, 6) is 6.09. The van der Waals surface area contributed by atoms with E-state index in [0.29, 0.717) is 29.3 Å². The highest BCUT2D eigenvalue weighted by Crippen LogP contribution is 2.19. The lowest BCUT2D eigenvalue weighted by Crippen LogP contribution is -2.30. The summed E-state index contributed by atoms with van der Waals surface area (Å²) in [5, 5.41) is 0. The molecule has 1 aromatic carbocycles. The van der Waals surface area contributed by atoms with Crippen LogP contribution < -0.4 is 17.0 Å². The number of hydrazine groups is 1. The number of benzene rings is 1. The van der Waals surface area contributed by atoms with E-state index in [1.807, 2.05) is 12.3 Å². The SMILES string of the molecule is CC(CN)CSCc1cc(C(=O)NN)ccc1F. The Labute approximate surface area is 110 Å². The van der Waals surface area contributed by atoms with E-state index in [0.717, 1.165) is 5.75 Å². The van der Waals surface area contributed by atoms with E-state index >= 15 is 0 Å². The van der Waals surface area contributed by atoms with Crippen LogP contribution in [0.5, 0.6) is 0 Å². The van der Waals surface area contributed by atoms with E-state index in [9.17, 15) is 9.18 Å². The number of nitrogen functional groups attached to an aromatic ring is 1. The van der Waals surface area contributed by atoms with Crippen LogP contribution in [0.2, 0.25) is 0 Å². The van der Waals surface area contributed by atoms with Crippen LogP contribution in [-0.2, 0) is 5.75 Å². The van der Waals surface area contributed by atoms with Gasteiger partial charge in [0.25, 0.3) is 5.91 Å². The third kappa shape index (κ3) is 4.29. The molecule has 18 heavy (non-hydrogen) atoms. The molecule has 100 valence electrons. The molecular formula is C12H18FN3OS. The standard InChI is InChI=1S/C12H18FN3OS/c1-8(5-14)6-18-7-10-4-9(12(17)16-15)2-3-11(10)13/h2-4,8H,5-7,14-15H2,1H3,(H,16,17). The number of nitrogens with two attached hydrogens (primary N) is 2. The fourth-order valence-electron chi connectivity index (χ4n) is 1.35. The summed E-state index contributed by atoms with van der Waals surface area (Å²) in [6, 6.07) is 4.22. The van der Waals surface area contributed by atoms with E-state index in [-0.39, 0.29) is 5.82 Å². The van der Waals surface area contributed by atoms with Gasteiger partial charge in [-0.2, -0.15) is 11.8 Å². The molecule has 0 saturated heterocycles. The number of hydrogen-bond acceptors (Lipinski definition) is 4. The maximum atomic E-state index is 13.5. The molecule has 5 N–H and O–H groups in total. The highest BCUT2D eigenvalue weighted by molar-refractivity contribution is 7.98. The normalized spacial score (nSPS) is 12.2. The second kappa shape index (κ2) is 7.35. The van der Waals surface area contributed by atoms with E-state index in [1.54, 1.807) is 11.8 Å². The van der Waals surface area contributed by atoms with Gasteiger partial charge in [-0.05, 0) is 42.0 Å². The number of hydrogen-bond donors (Lipinski definition) is 3. The first-order valence-corrected chi connectivity index (χ1v) is 6.81. The Balaban J connectivity index is 2.66. The molecule has 1 unspecified atom stereocenters. The number of thioether (sulfide) groups is 1. The Morgan fingerprint density at radius 1 is 1.56 bits per heavy atom. The second-order valence-corrected chi connectivity index (χ2v) is 5.17. The Bertz CT molecular complexity index is 414. The van der Waals surface area contributed by atoms with E-state index < -0.39 is 5.91 Å². The number of carbonyl (C=O) groups excluding carboxylic acids is 1. The summed E-state index contributed by atoms with van der Waals surface area (Å²) < 4.78 is 13.5. The van der Waals surface area contributed by atoms with Crippen molar-refractivity contribution in [3.63, 3.8) is 0 Å². The van der Waals surface area contributed by atoms with Crippen LogP contribution in [0.25, 0.3) is 0 Å². The largest absolute Gasteiger partial charge is 0.330 e. The molecule has 0 radical (unpaired) electrons. The van der Waals surface area contributed by atoms with Gasteiger partial charge in [0.15, 0.2) is 0 Å². The van der Waals surface area contributed by atoms with Crippen LogP contribution >= 0.6 is 11.8 Å². The monoisotopic (exact) mass is 271 g/mol. The highest BCUT2D eigenvalue weighted by Gasteiger charge is 2.09. The van der Waals surface area contributed by atoms with Crippen molar-refractivity contribution < 1.29 is 9.18 Å². The average molecular weight is 271 g/mol. The first-order valence-electron chi connectivity index (χ1n) is 5.65. The van der Waals surface area contributed by atoms with Crippen LogP contribution in [0.4, 0.5) is 4.39 Å². The molecule has 1 amide bonds. The van der Waals surface area contributed by atoms with Crippen LogP contribution in [-0.4, -0.2) is 18.2 Å². The molecule has 1 atom stereocenters. The smallest absolute Gasteiger partial charge is 0.265 e. The molecule has 0 bridgehead atoms. The number of nitrogens with one attached hydrogen (secondary N) is 1. The summed E-state index contributed by atoms with van der Waals surface area (Å²) >= 11 is 1.60. The molecule has 0 aliphatic rings. The lowest BCUT2D eigenvalue weighted by molar-refractivity contribution is 0.0953. The Hall–Kier alpha value is -1.11. The third-order valence-electron chi connectivity index (χ3n) is 2.50. The van der Waals surface area contributed by atoms with Crippen molar-refractivity contribution in [1.29, 1.82) is 0 Å². The zero-order valence-corrected chi connectivity index (χ0v) is 11.1. The van der Waals surface area contributed by atoms with Gasteiger partial charge in [0.2, 0.25) is 0 Å². The number of rotatable bonds is 6. The lowest BCUT2D eigenvalue weighted by atomic mass is 10.1. The fourth-order valence-corrected chi connectivity index (χ4v) is 2.45. The van der Waals surface area contributed by atoms with E-state index in [1.165, 1.54) is 18.2 Å². The van der Waals surface area contributed by atoms with Crippen molar-refractivity contribution in [2.24, 2.45) is 17.5 Å². The van der Waals surface area contributed by atoms with Gasteiger partial charge in [-0.1, -0.05) is 6.92 Å². The summed E-state index contributed by atoms with van der Waals surface area (Å²) in [6.45, 7) is 2.66. The quantitative estimate of drug-likeness (QED) is 0.413. The molecule has 0 aliphatic carbocycles. The van der Waals surface area contributed by atoms with E-state index in [2.05, 4.69) is 0 Å². The Kier molecular flexibility index (Phi) is 6.11. The van der Waals surface area contributed by atoms with Gasteiger partial charge in [0.1, 0.15) is 5.82 Å². The van der Waals surface area contributed by atoms with Crippen molar-refractivity contribution in [2.45, 2.75) is 12.7 Å². The highest BCUT2D eigenvalue weighted by atomic mass is 32.2. The molecule has 0 aromatic heterocycles. The van der Waals surface area contributed by atoms with Gasteiger partial charge in [-0.3, -0.25) is 10.2 Å². The van der Waals surface area contributed by atoms with Crippen molar-refractivity contribution >= 4 is 17.7 Å². The second-order valence-electron chi connectivity index (χ2n) is 4.14. The number of amides is 1. The fraction of sp³-hybridized carbons (Fsp3) is 0.417. The van der Waals surface area contributed by atoms with Gasteiger partial charge < -0.3 is 5.73 Å². The van der Waals surface area contributed by atoms with Crippen LogP contribution in [0, 0.1) is 11.7 Å². The van der Waals surface area contributed by atoms with E-state index in [4.69, 9.17) is 11.6 Å². The molecule has 0 heterocycles. The molecule has 0 spiro atoms. The van der Waals surface area contributed by atoms with Gasteiger partial charge in [0, 0.05) is 11.3 Å². The van der Waals surface area contributed by atoms with Gasteiger partial charge >= 0.3 is 0 Å². The zero-order chi connectivity index (χ0) is 13.5. The minimum atomic E-state index is -0.420. The molecule has 4 nitrogen and oxygen atoms in total. The Morgan fingerprint density at radius 3 is 2.89 bits per heavy atom. The van der Waals surface area contributed by atoms with Crippen molar-refractivity contribution in [3.05, 3.63) is 35.1 Å². The predicted octanol–water partition coefficient (Wildman–Crippen LogP) is 1.26. The number of carbonyl (C=O) groups is 1. The zero-order valence-electron chi connectivity index (χ0n) is 10.3. The molecule has 0 aliphatic heterocycles. The molecule has 1 aromatic rings. The Morgan fingerprint density at radius 2 is 2.28 bits per heavy atom. The third-order valence-corrected chi connectivity index (χ3v) is 3.82. The van der Waals surface area contributed by atoms with Crippen molar-refractivity contribution in [3.8, 4) is 0 Å². The predicted molar refractivity (Wildman–Crippen MR) is 72.4 cm³/mol. The van der Waals surface area contributed by atoms with Crippen molar-refractivity contribution in [2.75, 3.05) is 12.3 Å². The van der Waals surface area contributed by atoms with Crippen LogP contribution in [0.15, 0.2) is 18.2 Å².